The van der Waals surface area contributed by atoms with Crippen molar-refractivity contribution >= 4 is 58.6 Å². The molecule has 1 fully saturated rings. The number of carboxylic acid groups (broad SMARTS) is 1. The molecule has 160 valence electrons. The second-order valence-corrected chi connectivity index (χ2v) is 9.96. The van der Waals surface area contributed by atoms with Gasteiger partial charge in [0.15, 0.2) is 4.34 Å². The normalized spacial score (nSPS) is 20.1. The van der Waals surface area contributed by atoms with Crippen molar-refractivity contribution in [1.82, 2.24) is 15.2 Å². The second kappa shape index (κ2) is 8.73. The van der Waals surface area contributed by atoms with Crippen LogP contribution < -0.4 is 11.1 Å². The summed E-state index contributed by atoms with van der Waals surface area (Å²) in [6, 6.07) is 8.37. The molecule has 3 heterocycles. The lowest BCUT2D eigenvalue weighted by atomic mass is 10.0. The number of carboxylic acids is 1. The van der Waals surface area contributed by atoms with E-state index in [9.17, 15) is 24.3 Å². The van der Waals surface area contributed by atoms with Gasteiger partial charge in [-0.25, -0.2) is 9.78 Å². The van der Waals surface area contributed by atoms with E-state index < -0.39 is 29.2 Å². The van der Waals surface area contributed by atoms with Gasteiger partial charge in [-0.1, -0.05) is 42.1 Å². The molecule has 1 aromatic heterocycles. The molecule has 9 nitrogen and oxygen atoms in total. The number of primary amides is 1. The molecule has 0 aliphatic carbocycles. The molecule has 0 unspecified atom stereocenters. The fraction of sp³-hybridized carbons (Fsp3) is 0.211. The van der Waals surface area contributed by atoms with Crippen molar-refractivity contribution < 1.29 is 24.3 Å². The van der Waals surface area contributed by atoms with Crippen LogP contribution in [0.15, 0.2) is 50.7 Å². The van der Waals surface area contributed by atoms with E-state index in [0.717, 1.165) is 17.3 Å². The van der Waals surface area contributed by atoms with Crippen molar-refractivity contribution in [3.63, 3.8) is 0 Å². The van der Waals surface area contributed by atoms with Crippen LogP contribution in [0.4, 0.5) is 0 Å². The van der Waals surface area contributed by atoms with Gasteiger partial charge in [-0.15, -0.1) is 23.1 Å². The van der Waals surface area contributed by atoms with E-state index in [4.69, 9.17) is 5.73 Å². The Morgan fingerprint density at radius 1 is 1.29 bits per heavy atom. The number of β-lactam (4-membered cyclic amide) rings is 1. The molecule has 0 saturated carbocycles. The predicted molar refractivity (Wildman–Crippen MR) is 116 cm³/mol. The van der Waals surface area contributed by atoms with Gasteiger partial charge in [0.25, 0.3) is 11.8 Å². The predicted octanol–water partition coefficient (Wildman–Crippen LogP) is 1.27. The molecule has 1 saturated heterocycles. The molecule has 4 N–H and O–H groups in total. The Kier molecular flexibility index (Phi) is 6.03. The minimum absolute atomic E-state index is 0.104. The summed E-state index contributed by atoms with van der Waals surface area (Å²) in [6.45, 7) is 0. The quantitative estimate of drug-likeness (QED) is 0.507. The molecule has 1 aromatic carbocycles. The maximum absolute atomic E-state index is 12.7. The zero-order valence-electron chi connectivity index (χ0n) is 15.8. The number of aliphatic carboxylic acids is 1. The number of aromatic nitrogens is 1. The number of carbonyl (C=O) groups is 4. The average molecular weight is 477 g/mol. The Morgan fingerprint density at radius 2 is 2.03 bits per heavy atom. The van der Waals surface area contributed by atoms with E-state index in [-0.39, 0.29) is 23.7 Å². The summed E-state index contributed by atoms with van der Waals surface area (Å²) in [4.78, 5) is 53.9. The number of thiazole rings is 1. The third-order valence-electron chi connectivity index (χ3n) is 4.61. The third kappa shape index (κ3) is 4.31. The van der Waals surface area contributed by atoms with Gasteiger partial charge in [0.05, 0.1) is 6.42 Å². The first-order valence-corrected chi connectivity index (χ1v) is 11.8. The van der Waals surface area contributed by atoms with Crippen molar-refractivity contribution in [2.45, 2.75) is 22.2 Å². The van der Waals surface area contributed by atoms with E-state index >= 15 is 0 Å². The van der Waals surface area contributed by atoms with E-state index in [2.05, 4.69) is 10.3 Å². The lowest BCUT2D eigenvalue weighted by Crippen LogP contribution is -2.70. The number of benzene rings is 1. The van der Waals surface area contributed by atoms with Crippen molar-refractivity contribution in [3.05, 3.63) is 57.6 Å². The first-order chi connectivity index (χ1) is 14.8. The topological polar surface area (TPSA) is 143 Å². The van der Waals surface area contributed by atoms with Gasteiger partial charge >= 0.3 is 5.97 Å². The number of nitrogens with one attached hydrogen (secondary N) is 1. The molecule has 3 amide bonds. The zero-order valence-corrected chi connectivity index (χ0v) is 18.3. The summed E-state index contributed by atoms with van der Waals surface area (Å²) in [7, 11) is 0. The molecule has 0 spiro atoms. The molecule has 2 aliphatic heterocycles. The second-order valence-electron chi connectivity index (χ2n) is 6.66. The highest BCUT2D eigenvalue weighted by Gasteiger charge is 2.54. The number of hydrogen-bond donors (Lipinski definition) is 3. The van der Waals surface area contributed by atoms with E-state index in [0.29, 0.717) is 15.0 Å². The average Bonchev–Trinajstić information content (AvgIpc) is 3.21. The van der Waals surface area contributed by atoms with Crippen molar-refractivity contribution in [1.29, 1.82) is 0 Å². The molecular formula is C19H16N4O5S3. The number of carbonyl (C=O) groups excluding carboxylic acids is 3. The van der Waals surface area contributed by atoms with Crippen LogP contribution in [0.2, 0.25) is 0 Å². The minimum atomic E-state index is -1.23. The minimum Gasteiger partial charge on any atom is -0.477 e. The van der Waals surface area contributed by atoms with Gasteiger partial charge in [0.1, 0.15) is 22.8 Å². The maximum atomic E-state index is 12.7. The van der Waals surface area contributed by atoms with Crippen LogP contribution in [0, 0.1) is 0 Å². The van der Waals surface area contributed by atoms with Crippen LogP contribution in [0.25, 0.3) is 0 Å². The van der Waals surface area contributed by atoms with Crippen LogP contribution in [0.5, 0.6) is 0 Å². The molecule has 0 radical (unpaired) electrons. The van der Waals surface area contributed by atoms with Crippen LogP contribution in [0.3, 0.4) is 0 Å². The van der Waals surface area contributed by atoms with E-state index in [1.165, 1.54) is 33.4 Å². The van der Waals surface area contributed by atoms with E-state index in [1.807, 2.05) is 30.3 Å². The molecule has 4 rings (SSSR count). The fourth-order valence-electron chi connectivity index (χ4n) is 3.20. The summed E-state index contributed by atoms with van der Waals surface area (Å²) in [5.74, 6) is -2.33. The number of thioether (sulfide) groups is 2. The number of hydrogen-bond acceptors (Lipinski definition) is 8. The molecule has 2 atom stereocenters. The highest BCUT2D eigenvalue weighted by molar-refractivity contribution is 8.07. The summed E-state index contributed by atoms with van der Waals surface area (Å²) < 4.78 is 0.460. The SMILES string of the molecule is NC(=O)c1csc(SC2=C(C(=O)O)N3C(=O)[C@@H](NC(=O)Cc4ccccc4)[C@H]3SC2)n1. The number of nitrogens with two attached hydrogens (primary N) is 1. The Bertz CT molecular complexity index is 1100. The van der Waals surface area contributed by atoms with Gasteiger partial charge in [-0.3, -0.25) is 19.3 Å². The first-order valence-electron chi connectivity index (χ1n) is 9.02. The van der Waals surface area contributed by atoms with Crippen LogP contribution in [0.1, 0.15) is 16.1 Å². The number of amides is 3. The number of fused-ring (bicyclic) bond motifs is 1. The van der Waals surface area contributed by atoms with Crippen molar-refractivity contribution in [2.75, 3.05) is 5.75 Å². The molecule has 2 aliphatic rings. The standard InChI is InChI=1S/C19H16N4O5S3/c20-15(25)10-7-30-19(21-10)31-11-8-29-17-13(16(26)23(17)14(11)18(27)28)22-12(24)6-9-4-2-1-3-5-9/h1-5,7,13,17H,6,8H2,(H2,20,25)(H,22,24)(H,27,28)/t13-,17-/m1/s1. The van der Waals surface area contributed by atoms with Crippen LogP contribution >= 0.6 is 34.9 Å². The highest BCUT2D eigenvalue weighted by Crippen LogP contribution is 2.45. The molecular weight excluding hydrogens is 460 g/mol. The molecule has 31 heavy (non-hydrogen) atoms. The Morgan fingerprint density at radius 3 is 2.68 bits per heavy atom. The summed E-state index contributed by atoms with van der Waals surface area (Å²) >= 11 is 3.63. The van der Waals surface area contributed by atoms with Gasteiger partial charge < -0.3 is 16.2 Å². The fourth-order valence-corrected chi connectivity index (χ4v) is 6.64. The van der Waals surface area contributed by atoms with Crippen molar-refractivity contribution in [3.8, 4) is 0 Å². The largest absolute Gasteiger partial charge is 0.477 e. The molecule has 0 bridgehead atoms. The first kappa shape index (κ1) is 21.4. The Hall–Kier alpha value is -2.83. The van der Waals surface area contributed by atoms with Crippen molar-refractivity contribution in [2.24, 2.45) is 5.73 Å². The molecule has 2 aromatic rings. The zero-order chi connectivity index (χ0) is 22.1. The summed E-state index contributed by atoms with van der Waals surface area (Å²) in [6.07, 6.45) is 0.136. The Labute approximate surface area is 189 Å². The van der Waals surface area contributed by atoms with Crippen LogP contribution in [-0.4, -0.2) is 55.8 Å². The summed E-state index contributed by atoms with van der Waals surface area (Å²) in [5, 5.41) is 13.5. The van der Waals surface area contributed by atoms with Gasteiger partial charge in [-0.2, -0.15) is 0 Å². The summed E-state index contributed by atoms with van der Waals surface area (Å²) in [5.41, 5.74) is 6.01. The number of rotatable bonds is 7. The lowest BCUT2D eigenvalue weighted by Gasteiger charge is -2.49. The number of nitrogens with zero attached hydrogens (tertiary/aromatic N) is 2. The maximum Gasteiger partial charge on any atom is 0.353 e. The highest BCUT2D eigenvalue weighted by atomic mass is 32.2. The van der Waals surface area contributed by atoms with Gasteiger partial charge in [-0.05, 0) is 5.56 Å². The van der Waals surface area contributed by atoms with E-state index in [1.54, 1.807) is 0 Å². The van der Waals surface area contributed by atoms with Crippen LogP contribution in [-0.2, 0) is 20.8 Å². The lowest BCUT2D eigenvalue weighted by molar-refractivity contribution is -0.150. The Balaban J connectivity index is 1.48. The molecule has 12 heteroatoms. The smallest absolute Gasteiger partial charge is 0.353 e. The van der Waals surface area contributed by atoms with Gasteiger partial charge in [0.2, 0.25) is 5.91 Å². The van der Waals surface area contributed by atoms with Gasteiger partial charge in [0, 0.05) is 16.0 Å². The third-order valence-corrected chi connectivity index (χ3v) is 8.09. The monoisotopic (exact) mass is 476 g/mol.